The molecule has 0 fully saturated rings. The van der Waals surface area contributed by atoms with E-state index in [9.17, 15) is 9.59 Å². The van der Waals surface area contributed by atoms with E-state index in [-0.39, 0.29) is 12.5 Å². The highest BCUT2D eigenvalue weighted by molar-refractivity contribution is 6.08. The van der Waals surface area contributed by atoms with Gasteiger partial charge in [0.15, 0.2) is 0 Å². The Hall–Kier alpha value is -2.30. The first-order valence-electron chi connectivity index (χ1n) is 5.56. The largest absolute Gasteiger partial charge is 0.480 e. The summed E-state index contributed by atoms with van der Waals surface area (Å²) < 4.78 is 1.92. The average Bonchev–Trinajstić information content (AvgIpc) is 2.60. The van der Waals surface area contributed by atoms with E-state index in [2.05, 4.69) is 5.32 Å². The van der Waals surface area contributed by atoms with Crippen LogP contribution < -0.4 is 5.32 Å². The van der Waals surface area contributed by atoms with Crippen LogP contribution in [0.25, 0.3) is 10.9 Å². The molecule has 18 heavy (non-hydrogen) atoms. The second kappa shape index (κ2) is 4.52. The molecule has 0 spiro atoms. The van der Waals surface area contributed by atoms with E-state index in [1.807, 2.05) is 42.8 Å². The molecule has 0 aliphatic carbocycles. The predicted octanol–water partition coefficient (Wildman–Crippen LogP) is 1.30. The molecule has 1 heterocycles. The van der Waals surface area contributed by atoms with Crippen LogP contribution in [0.15, 0.2) is 24.3 Å². The smallest absolute Gasteiger partial charge is 0.322 e. The summed E-state index contributed by atoms with van der Waals surface area (Å²) in [7, 11) is 1.88. The quantitative estimate of drug-likeness (QED) is 0.857. The van der Waals surface area contributed by atoms with E-state index >= 15 is 0 Å². The molecule has 0 saturated heterocycles. The molecule has 0 aliphatic rings. The second-order valence-corrected chi connectivity index (χ2v) is 4.11. The Bertz CT molecular complexity index is 628. The maximum atomic E-state index is 12.0. The molecule has 2 aromatic rings. The number of carbonyl (C=O) groups is 2. The lowest BCUT2D eigenvalue weighted by Gasteiger charge is -2.03. The highest BCUT2D eigenvalue weighted by Crippen LogP contribution is 2.24. The van der Waals surface area contributed by atoms with E-state index in [0.717, 1.165) is 16.6 Å². The maximum absolute atomic E-state index is 12.0. The summed E-state index contributed by atoms with van der Waals surface area (Å²) in [5.74, 6) is -1.41. The average molecular weight is 246 g/mol. The molecule has 2 rings (SSSR count). The van der Waals surface area contributed by atoms with Crippen molar-refractivity contribution in [1.29, 1.82) is 0 Å². The molecule has 0 unspecified atom stereocenters. The van der Waals surface area contributed by atoms with Crippen molar-refractivity contribution in [2.24, 2.45) is 7.05 Å². The van der Waals surface area contributed by atoms with E-state index in [0.29, 0.717) is 5.56 Å². The summed E-state index contributed by atoms with van der Waals surface area (Å²) in [5, 5.41) is 11.8. The van der Waals surface area contributed by atoms with Gasteiger partial charge in [0.1, 0.15) is 6.54 Å². The summed E-state index contributed by atoms with van der Waals surface area (Å²) >= 11 is 0. The zero-order valence-corrected chi connectivity index (χ0v) is 10.2. The van der Waals surface area contributed by atoms with Gasteiger partial charge in [-0.15, -0.1) is 0 Å². The lowest BCUT2D eigenvalue weighted by atomic mass is 10.1. The number of benzene rings is 1. The molecule has 94 valence electrons. The van der Waals surface area contributed by atoms with Gasteiger partial charge in [-0.3, -0.25) is 9.59 Å². The number of aromatic nitrogens is 1. The normalized spacial score (nSPS) is 10.6. The van der Waals surface area contributed by atoms with Crippen LogP contribution in [0.4, 0.5) is 0 Å². The van der Waals surface area contributed by atoms with E-state index < -0.39 is 5.97 Å². The molecule has 0 bridgehead atoms. The van der Waals surface area contributed by atoms with Crippen LogP contribution in [0, 0.1) is 6.92 Å². The van der Waals surface area contributed by atoms with Gasteiger partial charge in [0.05, 0.1) is 5.56 Å². The molecule has 1 amide bonds. The van der Waals surface area contributed by atoms with Gasteiger partial charge < -0.3 is 15.0 Å². The molecule has 5 heteroatoms. The van der Waals surface area contributed by atoms with Crippen LogP contribution in [0.1, 0.15) is 16.1 Å². The Morgan fingerprint density at radius 1 is 1.33 bits per heavy atom. The summed E-state index contributed by atoms with van der Waals surface area (Å²) in [5.41, 5.74) is 2.31. The number of para-hydroxylation sites is 1. The number of carboxylic acid groups (broad SMARTS) is 1. The van der Waals surface area contributed by atoms with E-state index in [1.54, 1.807) is 0 Å². The first-order chi connectivity index (χ1) is 8.52. The molecular formula is C13H14N2O3. The molecular weight excluding hydrogens is 232 g/mol. The third-order valence-electron chi connectivity index (χ3n) is 3.03. The standard InChI is InChI=1S/C13H14N2O3/c1-8-12(13(18)14-7-11(16)17)9-5-3-4-6-10(9)15(8)2/h3-6H,7H2,1-2H3,(H,14,18)(H,16,17). The summed E-state index contributed by atoms with van der Waals surface area (Å²) in [6, 6.07) is 7.55. The first-order valence-corrected chi connectivity index (χ1v) is 5.56. The van der Waals surface area contributed by atoms with E-state index in [4.69, 9.17) is 5.11 Å². The lowest BCUT2D eigenvalue weighted by Crippen LogP contribution is -2.29. The van der Waals surface area contributed by atoms with E-state index in [1.165, 1.54) is 0 Å². The number of aryl methyl sites for hydroxylation is 1. The Balaban J connectivity index is 2.47. The van der Waals surface area contributed by atoms with Crippen LogP contribution in [-0.2, 0) is 11.8 Å². The summed E-state index contributed by atoms with van der Waals surface area (Å²) in [4.78, 5) is 22.5. The minimum atomic E-state index is -1.05. The number of nitrogens with zero attached hydrogens (tertiary/aromatic N) is 1. The van der Waals surface area contributed by atoms with Crippen LogP contribution in [0.2, 0.25) is 0 Å². The first kappa shape index (κ1) is 12.2. The fourth-order valence-corrected chi connectivity index (χ4v) is 2.05. The Morgan fingerprint density at radius 2 is 2.00 bits per heavy atom. The van der Waals surface area contributed by atoms with Crippen LogP contribution >= 0.6 is 0 Å². The number of hydrogen-bond acceptors (Lipinski definition) is 2. The third-order valence-corrected chi connectivity index (χ3v) is 3.03. The lowest BCUT2D eigenvalue weighted by molar-refractivity contribution is -0.135. The topological polar surface area (TPSA) is 71.3 Å². The summed E-state index contributed by atoms with van der Waals surface area (Å²) in [6.07, 6.45) is 0. The molecule has 0 atom stereocenters. The zero-order chi connectivity index (χ0) is 13.3. The van der Waals surface area contributed by atoms with Gasteiger partial charge >= 0.3 is 5.97 Å². The number of carbonyl (C=O) groups excluding carboxylic acids is 1. The number of aliphatic carboxylic acids is 1. The van der Waals surface area contributed by atoms with Crippen molar-refractivity contribution >= 4 is 22.8 Å². The maximum Gasteiger partial charge on any atom is 0.322 e. The highest BCUT2D eigenvalue weighted by Gasteiger charge is 2.18. The van der Waals surface area contributed by atoms with Gasteiger partial charge in [0.25, 0.3) is 5.91 Å². The van der Waals surface area contributed by atoms with Crippen LogP contribution in [0.5, 0.6) is 0 Å². The van der Waals surface area contributed by atoms with Gasteiger partial charge in [-0.05, 0) is 13.0 Å². The number of amides is 1. The highest BCUT2D eigenvalue weighted by atomic mass is 16.4. The molecule has 1 aromatic carbocycles. The van der Waals surface area contributed by atoms with Gasteiger partial charge in [0.2, 0.25) is 0 Å². The monoisotopic (exact) mass is 246 g/mol. The number of hydrogen-bond donors (Lipinski definition) is 2. The molecule has 0 radical (unpaired) electrons. The SMILES string of the molecule is Cc1c(C(=O)NCC(=O)O)c2ccccc2n1C. The van der Waals surface area contributed by atoms with Crippen molar-refractivity contribution in [3.8, 4) is 0 Å². The Morgan fingerprint density at radius 3 is 2.67 bits per heavy atom. The third kappa shape index (κ3) is 1.95. The Kier molecular flexibility index (Phi) is 3.06. The minimum absolute atomic E-state index is 0.355. The Labute approximate surface area is 104 Å². The number of fused-ring (bicyclic) bond motifs is 1. The molecule has 0 saturated carbocycles. The fraction of sp³-hybridized carbons (Fsp3) is 0.231. The van der Waals surface area contributed by atoms with Gasteiger partial charge in [-0.1, -0.05) is 18.2 Å². The second-order valence-electron chi connectivity index (χ2n) is 4.11. The molecule has 2 N–H and O–H groups in total. The van der Waals surface area contributed by atoms with Gasteiger partial charge in [-0.2, -0.15) is 0 Å². The van der Waals surface area contributed by atoms with Crippen molar-refractivity contribution in [3.05, 3.63) is 35.5 Å². The number of carboxylic acids is 1. The van der Waals surface area contributed by atoms with Crippen molar-refractivity contribution in [2.45, 2.75) is 6.92 Å². The van der Waals surface area contributed by atoms with Crippen molar-refractivity contribution in [1.82, 2.24) is 9.88 Å². The van der Waals surface area contributed by atoms with Crippen molar-refractivity contribution in [2.75, 3.05) is 6.54 Å². The number of nitrogens with one attached hydrogen (secondary N) is 1. The fourth-order valence-electron chi connectivity index (χ4n) is 2.05. The van der Waals surface area contributed by atoms with Crippen molar-refractivity contribution < 1.29 is 14.7 Å². The minimum Gasteiger partial charge on any atom is -0.480 e. The number of rotatable bonds is 3. The van der Waals surface area contributed by atoms with Gasteiger partial charge in [-0.25, -0.2) is 0 Å². The molecule has 1 aromatic heterocycles. The molecule has 0 aliphatic heterocycles. The van der Waals surface area contributed by atoms with Crippen molar-refractivity contribution in [3.63, 3.8) is 0 Å². The molecule has 5 nitrogen and oxygen atoms in total. The van der Waals surface area contributed by atoms with Crippen LogP contribution in [-0.4, -0.2) is 28.1 Å². The predicted molar refractivity (Wildman–Crippen MR) is 67.6 cm³/mol. The van der Waals surface area contributed by atoms with Crippen LogP contribution in [0.3, 0.4) is 0 Å². The zero-order valence-electron chi connectivity index (χ0n) is 10.2. The summed E-state index contributed by atoms with van der Waals surface area (Å²) in [6.45, 7) is 1.47. The van der Waals surface area contributed by atoms with Gasteiger partial charge in [0, 0.05) is 23.6 Å².